The van der Waals surface area contributed by atoms with E-state index in [0.29, 0.717) is 11.8 Å². The Labute approximate surface area is 149 Å². The van der Waals surface area contributed by atoms with Crippen molar-refractivity contribution >= 4 is 39.1 Å². The highest BCUT2D eigenvalue weighted by molar-refractivity contribution is 9.10. The van der Waals surface area contributed by atoms with E-state index in [4.69, 9.17) is 0 Å². The van der Waals surface area contributed by atoms with Crippen molar-refractivity contribution in [2.24, 2.45) is 0 Å². The van der Waals surface area contributed by atoms with Crippen LogP contribution in [0.15, 0.2) is 47.1 Å². The third kappa shape index (κ3) is 3.89. The van der Waals surface area contributed by atoms with Gasteiger partial charge in [0.05, 0.1) is 6.20 Å². The van der Waals surface area contributed by atoms with Crippen molar-refractivity contribution in [3.05, 3.63) is 63.8 Å². The molecule has 122 valence electrons. The first kappa shape index (κ1) is 16.4. The maximum Gasteiger partial charge on any atom is 0.249 e. The van der Waals surface area contributed by atoms with Crippen molar-refractivity contribution in [3.63, 3.8) is 0 Å². The minimum absolute atomic E-state index is 0.460. The van der Waals surface area contributed by atoms with Gasteiger partial charge in [-0.05, 0) is 56.2 Å². The summed E-state index contributed by atoms with van der Waals surface area (Å²) in [6, 6.07) is 12.2. The summed E-state index contributed by atoms with van der Waals surface area (Å²) >= 11 is 3.47. The lowest BCUT2D eigenvalue weighted by molar-refractivity contribution is 0.981. The van der Waals surface area contributed by atoms with E-state index in [0.717, 1.165) is 27.0 Å². The van der Waals surface area contributed by atoms with Crippen molar-refractivity contribution in [3.8, 4) is 0 Å². The summed E-state index contributed by atoms with van der Waals surface area (Å²) in [5.41, 5.74) is 5.43. The van der Waals surface area contributed by atoms with Gasteiger partial charge in [0, 0.05) is 15.8 Å². The molecule has 0 unspecified atom stereocenters. The van der Waals surface area contributed by atoms with Crippen LogP contribution in [-0.2, 0) is 0 Å². The molecular weight excluding hydrogens is 366 g/mol. The van der Waals surface area contributed by atoms with Gasteiger partial charge in [0.2, 0.25) is 5.95 Å². The molecule has 0 aliphatic rings. The van der Waals surface area contributed by atoms with Crippen LogP contribution in [-0.4, -0.2) is 15.2 Å². The van der Waals surface area contributed by atoms with Crippen LogP contribution in [0.3, 0.4) is 0 Å². The molecule has 24 heavy (non-hydrogen) atoms. The molecule has 2 aromatic carbocycles. The average Bonchev–Trinajstić information content (AvgIpc) is 2.53. The minimum atomic E-state index is 0.460. The van der Waals surface area contributed by atoms with Crippen molar-refractivity contribution in [2.75, 3.05) is 10.6 Å². The molecule has 0 aliphatic carbocycles. The molecule has 1 heterocycles. The Morgan fingerprint density at radius 3 is 2.33 bits per heavy atom. The van der Waals surface area contributed by atoms with E-state index < -0.39 is 0 Å². The smallest absolute Gasteiger partial charge is 0.249 e. The Bertz CT molecular complexity index is 810. The monoisotopic (exact) mass is 383 g/mol. The third-order valence-electron chi connectivity index (χ3n) is 3.64. The van der Waals surface area contributed by atoms with Gasteiger partial charge in [0.25, 0.3) is 0 Å². The predicted molar refractivity (Wildman–Crippen MR) is 101 cm³/mol. The van der Waals surface area contributed by atoms with E-state index in [2.05, 4.69) is 67.7 Å². The highest BCUT2D eigenvalue weighted by Gasteiger charge is 2.06. The molecule has 0 saturated carbocycles. The van der Waals surface area contributed by atoms with Gasteiger partial charge in [-0.25, -0.2) is 0 Å². The maximum atomic E-state index is 4.48. The maximum absolute atomic E-state index is 4.48. The highest BCUT2D eigenvalue weighted by Crippen LogP contribution is 2.24. The highest BCUT2D eigenvalue weighted by atomic mass is 79.9. The van der Waals surface area contributed by atoms with E-state index in [1.165, 1.54) is 5.56 Å². The number of nitrogens with one attached hydrogen (secondary N) is 2. The van der Waals surface area contributed by atoms with E-state index in [9.17, 15) is 0 Å². The van der Waals surface area contributed by atoms with E-state index in [1.807, 2.05) is 31.2 Å². The van der Waals surface area contributed by atoms with Gasteiger partial charge in [0.15, 0.2) is 5.82 Å². The summed E-state index contributed by atoms with van der Waals surface area (Å²) in [6.45, 7) is 6.16. The van der Waals surface area contributed by atoms with Gasteiger partial charge >= 0.3 is 0 Å². The number of aromatic nitrogens is 3. The Hall–Kier alpha value is -2.47. The van der Waals surface area contributed by atoms with Crippen molar-refractivity contribution in [1.82, 2.24) is 15.2 Å². The van der Waals surface area contributed by atoms with Crippen molar-refractivity contribution in [2.45, 2.75) is 20.8 Å². The molecule has 1 aromatic heterocycles. The van der Waals surface area contributed by atoms with Gasteiger partial charge in [0.1, 0.15) is 0 Å². The van der Waals surface area contributed by atoms with Crippen LogP contribution in [0.4, 0.5) is 23.1 Å². The molecule has 3 aromatic rings. The number of rotatable bonds is 4. The van der Waals surface area contributed by atoms with E-state index in [1.54, 1.807) is 6.20 Å². The number of aryl methyl sites for hydroxylation is 3. The van der Waals surface area contributed by atoms with Crippen LogP contribution in [0.5, 0.6) is 0 Å². The molecule has 3 rings (SSSR count). The largest absolute Gasteiger partial charge is 0.339 e. The Kier molecular flexibility index (Phi) is 4.76. The molecule has 0 radical (unpaired) electrons. The van der Waals surface area contributed by atoms with Gasteiger partial charge in [-0.2, -0.15) is 10.1 Å². The number of halogens is 1. The number of nitrogens with zero attached hydrogens (tertiary/aromatic N) is 3. The van der Waals surface area contributed by atoms with Crippen molar-refractivity contribution < 1.29 is 0 Å². The zero-order chi connectivity index (χ0) is 17.1. The van der Waals surface area contributed by atoms with Crippen LogP contribution in [0.1, 0.15) is 16.7 Å². The summed E-state index contributed by atoms with van der Waals surface area (Å²) in [5.74, 6) is 1.10. The topological polar surface area (TPSA) is 62.7 Å². The molecule has 0 atom stereocenters. The van der Waals surface area contributed by atoms with Gasteiger partial charge < -0.3 is 10.6 Å². The Morgan fingerprint density at radius 1 is 0.875 bits per heavy atom. The second-order valence-corrected chi connectivity index (χ2v) is 6.61. The molecule has 0 fully saturated rings. The standard InChI is InChI=1S/C18H18BrN5/c1-11-4-6-16(12(2)8-11)22-18-23-17(10-20-24-18)21-15-7-5-14(19)9-13(15)3/h4-10H,1-3H3,(H2,21,22,23,24). The van der Waals surface area contributed by atoms with Crippen LogP contribution in [0.25, 0.3) is 0 Å². The number of hydrogen-bond acceptors (Lipinski definition) is 5. The molecule has 6 heteroatoms. The summed E-state index contributed by atoms with van der Waals surface area (Å²) < 4.78 is 1.04. The number of hydrogen-bond donors (Lipinski definition) is 2. The lowest BCUT2D eigenvalue weighted by atomic mass is 10.1. The summed E-state index contributed by atoms with van der Waals surface area (Å²) in [5, 5.41) is 14.6. The fourth-order valence-electron chi connectivity index (χ4n) is 2.40. The van der Waals surface area contributed by atoms with Crippen LogP contribution < -0.4 is 10.6 Å². The first-order valence-electron chi connectivity index (χ1n) is 7.58. The quantitative estimate of drug-likeness (QED) is 0.659. The summed E-state index contributed by atoms with van der Waals surface area (Å²) in [4.78, 5) is 4.48. The van der Waals surface area contributed by atoms with Crippen LogP contribution in [0, 0.1) is 20.8 Å². The minimum Gasteiger partial charge on any atom is -0.339 e. The van der Waals surface area contributed by atoms with Crippen molar-refractivity contribution in [1.29, 1.82) is 0 Å². The van der Waals surface area contributed by atoms with Crippen LogP contribution in [0.2, 0.25) is 0 Å². The Balaban J connectivity index is 1.81. The zero-order valence-corrected chi connectivity index (χ0v) is 15.3. The van der Waals surface area contributed by atoms with E-state index >= 15 is 0 Å². The zero-order valence-electron chi connectivity index (χ0n) is 13.8. The number of benzene rings is 2. The van der Waals surface area contributed by atoms with Gasteiger partial charge in [-0.1, -0.05) is 33.6 Å². The summed E-state index contributed by atoms with van der Waals surface area (Å²) in [6.07, 6.45) is 1.61. The normalized spacial score (nSPS) is 10.5. The molecule has 2 N–H and O–H groups in total. The van der Waals surface area contributed by atoms with Gasteiger partial charge in [-0.3, -0.25) is 0 Å². The second kappa shape index (κ2) is 6.97. The molecule has 0 spiro atoms. The lowest BCUT2D eigenvalue weighted by Crippen LogP contribution is -2.03. The molecule has 0 bridgehead atoms. The Morgan fingerprint density at radius 2 is 1.58 bits per heavy atom. The SMILES string of the molecule is Cc1ccc(Nc2nncc(Nc3ccc(Br)cc3C)n2)c(C)c1. The predicted octanol–water partition coefficient (Wildman–Crippen LogP) is 5.05. The molecule has 5 nitrogen and oxygen atoms in total. The molecule has 0 saturated heterocycles. The molecule has 0 aliphatic heterocycles. The van der Waals surface area contributed by atoms with Gasteiger partial charge in [-0.15, -0.1) is 5.10 Å². The van der Waals surface area contributed by atoms with E-state index in [-0.39, 0.29) is 0 Å². The molecule has 0 amide bonds. The fraction of sp³-hybridized carbons (Fsp3) is 0.167. The average molecular weight is 384 g/mol. The molecular formula is C18H18BrN5. The fourth-order valence-corrected chi connectivity index (χ4v) is 2.87. The second-order valence-electron chi connectivity index (χ2n) is 5.69. The van der Waals surface area contributed by atoms with Crippen LogP contribution >= 0.6 is 15.9 Å². The first-order valence-corrected chi connectivity index (χ1v) is 8.38. The third-order valence-corrected chi connectivity index (χ3v) is 4.13. The summed E-state index contributed by atoms with van der Waals surface area (Å²) in [7, 11) is 0. The number of anilines is 4. The lowest BCUT2D eigenvalue weighted by Gasteiger charge is -2.11. The first-order chi connectivity index (χ1) is 11.5.